The number of rotatable bonds is 12. The number of unbranched alkanes of at least 4 members (excludes halogenated alkanes) is 2. The molecule has 2 aromatic heterocycles. The highest BCUT2D eigenvalue weighted by molar-refractivity contribution is 6.34. The van der Waals surface area contributed by atoms with Crippen LogP contribution in [-0.4, -0.2) is 74.3 Å². The van der Waals surface area contributed by atoms with Gasteiger partial charge in [-0.15, -0.1) is 0 Å². The van der Waals surface area contributed by atoms with E-state index in [0.29, 0.717) is 48.7 Å². The van der Waals surface area contributed by atoms with E-state index in [2.05, 4.69) is 18.8 Å². The molecule has 1 atom stereocenters. The topological polar surface area (TPSA) is 101 Å². The van der Waals surface area contributed by atoms with E-state index < -0.39 is 6.04 Å². The Morgan fingerprint density at radius 3 is 2.46 bits per heavy atom. The van der Waals surface area contributed by atoms with Crippen LogP contribution in [0.15, 0.2) is 60.9 Å². The average Bonchev–Trinajstić information content (AvgIpc) is 3.39. The molecule has 2 amide bonds. The molecule has 0 radical (unpaired) electrons. The molecule has 1 unspecified atom stereocenters. The van der Waals surface area contributed by atoms with Crippen molar-refractivity contribution in [1.29, 1.82) is 0 Å². The van der Waals surface area contributed by atoms with Crippen LogP contribution in [-0.2, 0) is 13.0 Å². The number of hydrogen-bond donors (Lipinski definition) is 1. The standard InChI is InChI=1S/C36H42ClN5O4/c1-5-7-17-40(18-8-6-2)36(45)34-33(37)24(3)42(39-34)31-14-13-26(29-15-16-38-21-32(29)46-4)20-30(31)35(44)41-22-27-12-10-9-11-25(27)19-28(41)23-43/h9-16,20-21,28,43H,5-8,17-19,22-23H2,1-4H3. The minimum absolute atomic E-state index is 0.171. The van der Waals surface area contributed by atoms with Gasteiger partial charge in [0.1, 0.15) is 5.75 Å². The fourth-order valence-corrected chi connectivity index (χ4v) is 6.20. The Labute approximate surface area is 275 Å². The van der Waals surface area contributed by atoms with Gasteiger partial charge in [-0.2, -0.15) is 5.10 Å². The van der Waals surface area contributed by atoms with E-state index in [4.69, 9.17) is 21.4 Å². The van der Waals surface area contributed by atoms with Crippen molar-refractivity contribution in [2.75, 3.05) is 26.8 Å². The maximum absolute atomic E-state index is 14.6. The zero-order valence-corrected chi connectivity index (χ0v) is 27.8. The molecular formula is C36H42ClN5O4. The number of hydrogen-bond acceptors (Lipinski definition) is 6. The number of amides is 2. The largest absolute Gasteiger partial charge is 0.494 e. The van der Waals surface area contributed by atoms with Gasteiger partial charge in [0.15, 0.2) is 5.69 Å². The molecule has 0 saturated carbocycles. The monoisotopic (exact) mass is 643 g/mol. The van der Waals surface area contributed by atoms with Crippen molar-refractivity contribution < 1.29 is 19.4 Å². The fraction of sp³-hybridized carbons (Fsp3) is 0.389. The van der Waals surface area contributed by atoms with E-state index in [-0.39, 0.29) is 29.1 Å². The predicted molar refractivity (Wildman–Crippen MR) is 180 cm³/mol. The maximum atomic E-state index is 14.6. The van der Waals surface area contributed by atoms with E-state index >= 15 is 0 Å². The van der Waals surface area contributed by atoms with Crippen molar-refractivity contribution >= 4 is 23.4 Å². The van der Waals surface area contributed by atoms with Gasteiger partial charge in [-0.05, 0) is 61.1 Å². The quantitative estimate of drug-likeness (QED) is 0.189. The molecule has 0 saturated heterocycles. The van der Waals surface area contributed by atoms with Crippen molar-refractivity contribution in [3.8, 4) is 22.6 Å². The number of carbonyl (C=O) groups is 2. The molecule has 2 aromatic carbocycles. The van der Waals surface area contributed by atoms with Gasteiger partial charge in [-0.25, -0.2) is 4.68 Å². The molecule has 1 aliphatic heterocycles. The summed E-state index contributed by atoms with van der Waals surface area (Å²) in [5.74, 6) is 0.0943. The third kappa shape index (κ3) is 6.66. The third-order valence-corrected chi connectivity index (χ3v) is 9.15. The minimum atomic E-state index is -0.403. The first-order chi connectivity index (χ1) is 22.3. The Morgan fingerprint density at radius 2 is 1.78 bits per heavy atom. The highest BCUT2D eigenvalue weighted by atomic mass is 35.5. The smallest absolute Gasteiger partial charge is 0.275 e. The molecular weight excluding hydrogens is 602 g/mol. The number of pyridine rings is 1. The minimum Gasteiger partial charge on any atom is -0.494 e. The number of aliphatic hydroxyl groups excluding tert-OH is 1. The molecule has 3 heterocycles. The van der Waals surface area contributed by atoms with Crippen LogP contribution in [0.25, 0.3) is 16.8 Å². The second kappa shape index (κ2) is 14.9. The van der Waals surface area contributed by atoms with Crippen molar-refractivity contribution in [1.82, 2.24) is 24.6 Å². The van der Waals surface area contributed by atoms with E-state index in [9.17, 15) is 14.7 Å². The van der Waals surface area contributed by atoms with Crippen LogP contribution >= 0.6 is 11.6 Å². The summed E-state index contributed by atoms with van der Waals surface area (Å²) in [5, 5.41) is 15.4. The first-order valence-electron chi connectivity index (χ1n) is 16.0. The molecule has 4 aromatic rings. The molecule has 242 valence electrons. The zero-order chi connectivity index (χ0) is 32.8. The number of nitrogens with zero attached hydrogens (tertiary/aromatic N) is 5. The second-order valence-corrected chi connectivity index (χ2v) is 12.1. The molecule has 9 nitrogen and oxygen atoms in total. The summed E-state index contributed by atoms with van der Waals surface area (Å²) in [7, 11) is 1.58. The number of methoxy groups -OCH3 is 1. The van der Waals surface area contributed by atoms with Gasteiger partial charge in [0.2, 0.25) is 0 Å². The Bertz CT molecular complexity index is 1700. The second-order valence-electron chi connectivity index (χ2n) is 11.7. The van der Waals surface area contributed by atoms with E-state index in [1.165, 1.54) is 0 Å². The maximum Gasteiger partial charge on any atom is 0.275 e. The fourth-order valence-electron chi connectivity index (χ4n) is 6.00. The van der Waals surface area contributed by atoms with Gasteiger partial charge in [0.25, 0.3) is 11.8 Å². The van der Waals surface area contributed by atoms with Gasteiger partial charge in [0, 0.05) is 31.4 Å². The number of fused-ring (bicyclic) bond motifs is 1. The Kier molecular flexibility index (Phi) is 10.8. The van der Waals surface area contributed by atoms with Crippen molar-refractivity contribution in [3.05, 3.63) is 94.0 Å². The molecule has 0 bridgehead atoms. The van der Waals surface area contributed by atoms with Crippen LogP contribution in [0, 0.1) is 6.92 Å². The molecule has 0 aliphatic carbocycles. The molecule has 1 aliphatic rings. The first-order valence-corrected chi connectivity index (χ1v) is 16.4. The number of aliphatic hydroxyl groups is 1. The van der Waals surface area contributed by atoms with E-state index in [0.717, 1.165) is 47.9 Å². The SMILES string of the molecule is CCCCN(CCCC)C(=O)c1nn(-c2ccc(-c3ccncc3OC)cc2C(=O)N2Cc3ccccc3CC2CO)c(C)c1Cl. The van der Waals surface area contributed by atoms with Gasteiger partial charge in [0.05, 0.1) is 47.9 Å². The van der Waals surface area contributed by atoms with Gasteiger partial charge < -0.3 is 19.6 Å². The van der Waals surface area contributed by atoms with E-state index in [1.54, 1.807) is 36.0 Å². The number of ether oxygens (including phenoxy) is 1. The number of aromatic nitrogens is 3. The van der Waals surface area contributed by atoms with Crippen LogP contribution in [0.2, 0.25) is 5.02 Å². The summed E-state index contributed by atoms with van der Waals surface area (Å²) in [6.07, 6.45) is 7.55. The van der Waals surface area contributed by atoms with Crippen molar-refractivity contribution in [2.24, 2.45) is 0 Å². The highest BCUT2D eigenvalue weighted by Crippen LogP contribution is 2.34. The Morgan fingerprint density at radius 1 is 1.07 bits per heavy atom. The lowest BCUT2D eigenvalue weighted by Crippen LogP contribution is -2.46. The summed E-state index contributed by atoms with van der Waals surface area (Å²) < 4.78 is 7.18. The highest BCUT2D eigenvalue weighted by Gasteiger charge is 2.33. The molecule has 5 rings (SSSR count). The van der Waals surface area contributed by atoms with Crippen LogP contribution in [0.5, 0.6) is 5.75 Å². The van der Waals surface area contributed by atoms with Crippen molar-refractivity contribution in [2.45, 2.75) is 65.5 Å². The van der Waals surface area contributed by atoms with Gasteiger partial charge >= 0.3 is 0 Å². The van der Waals surface area contributed by atoms with Crippen LogP contribution in [0.4, 0.5) is 0 Å². The number of carbonyl (C=O) groups excluding carboxylic acids is 2. The molecule has 1 N–H and O–H groups in total. The summed E-state index contributed by atoms with van der Waals surface area (Å²) >= 11 is 6.84. The normalized spacial score (nSPS) is 14.2. The lowest BCUT2D eigenvalue weighted by molar-refractivity contribution is 0.0544. The molecule has 0 spiro atoms. The summed E-state index contributed by atoms with van der Waals surface area (Å²) in [6.45, 7) is 7.43. The Hall–Kier alpha value is -4.21. The predicted octanol–water partition coefficient (Wildman–Crippen LogP) is 6.51. The molecule has 46 heavy (non-hydrogen) atoms. The lowest BCUT2D eigenvalue weighted by atomic mass is 9.93. The summed E-state index contributed by atoms with van der Waals surface area (Å²) in [5.41, 5.74) is 5.27. The van der Waals surface area contributed by atoms with Gasteiger partial charge in [-0.1, -0.05) is 68.6 Å². The van der Waals surface area contributed by atoms with Gasteiger partial charge in [-0.3, -0.25) is 14.6 Å². The number of benzene rings is 2. The zero-order valence-electron chi connectivity index (χ0n) is 27.0. The lowest BCUT2D eigenvalue weighted by Gasteiger charge is -2.36. The molecule has 0 fully saturated rings. The van der Waals surface area contributed by atoms with Crippen LogP contribution < -0.4 is 4.74 Å². The molecule has 10 heteroatoms. The average molecular weight is 644 g/mol. The van der Waals surface area contributed by atoms with Crippen LogP contribution in [0.3, 0.4) is 0 Å². The van der Waals surface area contributed by atoms with E-state index in [1.807, 2.05) is 53.4 Å². The van der Waals surface area contributed by atoms with Crippen LogP contribution in [0.1, 0.15) is 77.2 Å². The Balaban J connectivity index is 1.63. The summed E-state index contributed by atoms with van der Waals surface area (Å²) in [4.78, 5) is 36.1. The first kappa shape index (κ1) is 33.2. The third-order valence-electron chi connectivity index (χ3n) is 8.69. The summed E-state index contributed by atoms with van der Waals surface area (Å²) in [6, 6.07) is 15.0. The van der Waals surface area contributed by atoms with Crippen molar-refractivity contribution in [3.63, 3.8) is 0 Å². The number of halogens is 1.